The maximum absolute atomic E-state index is 13.1. The van der Waals surface area contributed by atoms with Crippen molar-refractivity contribution in [3.8, 4) is 0 Å². The zero-order valence-electron chi connectivity index (χ0n) is 49.5. The number of rotatable bonds is 10. The lowest BCUT2D eigenvalue weighted by atomic mass is 9.86. The molecule has 0 radical (unpaired) electrons. The lowest BCUT2D eigenvalue weighted by Gasteiger charge is -2.43. The second-order valence-corrected chi connectivity index (χ2v) is 26.1. The Labute approximate surface area is 493 Å². The second-order valence-electron chi connectivity index (χ2n) is 26.1. The fourth-order valence-corrected chi connectivity index (χ4v) is 14.6. The summed E-state index contributed by atoms with van der Waals surface area (Å²) in [6.45, 7) is 6.57. The first kappa shape index (κ1) is 56.0. The number of carbonyl (C=O) groups is 5. The molecule has 6 saturated heterocycles. The van der Waals surface area contributed by atoms with Crippen molar-refractivity contribution >= 4 is 87.1 Å². The molecule has 6 aliphatic heterocycles. The first-order valence-corrected chi connectivity index (χ1v) is 30.2. The van der Waals surface area contributed by atoms with Gasteiger partial charge >= 0.3 is 18.3 Å². The molecule has 2 spiro atoms. The molecule has 5 amide bonds. The first-order chi connectivity index (χ1) is 40.8. The van der Waals surface area contributed by atoms with E-state index in [4.69, 9.17) is 24.2 Å². The van der Waals surface area contributed by atoms with E-state index in [2.05, 4.69) is 45.0 Å². The van der Waals surface area contributed by atoms with Gasteiger partial charge in [-0.3, -0.25) is 19.4 Å². The van der Waals surface area contributed by atoms with E-state index in [1.54, 1.807) is 78.6 Å². The summed E-state index contributed by atoms with van der Waals surface area (Å²) < 4.78 is 21.8. The summed E-state index contributed by atoms with van der Waals surface area (Å²) in [6, 6.07) is 12.4. The molecule has 4 unspecified atom stereocenters. The summed E-state index contributed by atoms with van der Waals surface area (Å²) in [4.78, 5) is 101. The Balaban J connectivity index is 0.000000160. The Morgan fingerprint density at radius 3 is 1.42 bits per heavy atom. The van der Waals surface area contributed by atoms with Gasteiger partial charge in [-0.25, -0.2) is 34.3 Å². The number of carbonyl (C=O) groups excluding carboxylic acids is 5. The van der Waals surface area contributed by atoms with Crippen LogP contribution in [0.1, 0.15) is 157 Å². The summed E-state index contributed by atoms with van der Waals surface area (Å²) in [5, 5.41) is 11.7. The van der Waals surface area contributed by atoms with E-state index < -0.39 is 22.9 Å². The van der Waals surface area contributed by atoms with Crippen molar-refractivity contribution in [3.63, 3.8) is 0 Å². The topological polar surface area (TPSA) is 253 Å². The zero-order chi connectivity index (χ0) is 59.1. The van der Waals surface area contributed by atoms with Gasteiger partial charge in [-0.05, 0) is 109 Å². The molecule has 6 aromatic rings. The maximum atomic E-state index is 13.1. The van der Waals surface area contributed by atoms with E-state index >= 15 is 0 Å². The number of hydrogen-bond donors (Lipinski definition) is 3. The summed E-state index contributed by atoms with van der Waals surface area (Å²) in [6.07, 6.45) is 21.4. The Morgan fingerprint density at radius 1 is 0.588 bits per heavy atom. The smallest absolute Gasteiger partial charge is 0.415 e. The number of hydrogen-bond acceptors (Lipinski definition) is 17. The third kappa shape index (κ3) is 10.9. The molecule has 8 fully saturated rings. The number of nitrogens with one attached hydrogen (secondary N) is 3. The van der Waals surface area contributed by atoms with Crippen molar-refractivity contribution in [1.82, 2.24) is 59.1 Å². The summed E-state index contributed by atoms with van der Waals surface area (Å²) in [5.74, 6) is 1.79. The van der Waals surface area contributed by atoms with Crippen LogP contribution < -0.4 is 25.8 Å². The molecule has 4 atom stereocenters. The molecule has 2 saturated carbocycles. The minimum atomic E-state index is -0.650. The quantitative estimate of drug-likeness (QED) is 0.108. The molecule has 12 heterocycles. The third-order valence-corrected chi connectivity index (χ3v) is 18.3. The highest BCUT2D eigenvalue weighted by atomic mass is 16.6. The zero-order valence-corrected chi connectivity index (χ0v) is 49.5. The Bertz CT molecular complexity index is 3540. The highest BCUT2D eigenvalue weighted by molar-refractivity contribution is 5.99. The lowest BCUT2D eigenvalue weighted by Crippen LogP contribution is -2.55. The van der Waals surface area contributed by atoms with Crippen LogP contribution >= 0.6 is 0 Å². The number of pyridine rings is 2. The molecule has 6 aromatic heterocycles. The highest BCUT2D eigenvalue weighted by Crippen LogP contribution is 2.47. The number of nitrogens with zero attached hydrogens (tertiary/aromatic N) is 13. The summed E-state index contributed by atoms with van der Waals surface area (Å²) in [5.41, 5.74) is 2.47. The fraction of sp³-hybridized carbons (Fsp3) is 0.557. The average Bonchev–Trinajstić information content (AvgIpc) is 1.99. The van der Waals surface area contributed by atoms with Gasteiger partial charge in [0.2, 0.25) is 11.9 Å². The summed E-state index contributed by atoms with van der Waals surface area (Å²) >= 11 is 0. The van der Waals surface area contributed by atoms with Crippen molar-refractivity contribution in [2.24, 2.45) is 0 Å². The number of anilines is 6. The van der Waals surface area contributed by atoms with Crippen LogP contribution in [0.3, 0.4) is 0 Å². The van der Waals surface area contributed by atoms with Crippen molar-refractivity contribution in [1.29, 1.82) is 0 Å². The molecular formula is C61H76N16O8. The predicted octanol–water partition coefficient (Wildman–Crippen LogP) is 9.64. The maximum Gasteiger partial charge on any atom is 0.415 e. The molecule has 448 valence electrons. The monoisotopic (exact) mass is 1160 g/mol. The largest absolute Gasteiger partial charge is 0.444 e. The number of aromatic nitrogens is 8. The van der Waals surface area contributed by atoms with Gasteiger partial charge in [0.1, 0.15) is 51.1 Å². The van der Waals surface area contributed by atoms with Gasteiger partial charge in [0, 0.05) is 113 Å². The molecule has 0 aromatic carbocycles. The van der Waals surface area contributed by atoms with E-state index in [9.17, 15) is 24.0 Å². The molecule has 3 N–H and O–H groups in total. The minimum Gasteiger partial charge on any atom is -0.444 e. The first-order valence-electron chi connectivity index (χ1n) is 30.2. The van der Waals surface area contributed by atoms with Crippen LogP contribution in [0.15, 0.2) is 61.2 Å². The molecule has 4 bridgehead atoms. The van der Waals surface area contributed by atoms with Crippen LogP contribution in [0.5, 0.6) is 0 Å². The SMILES string of the molecule is CN(C)C(=O)c1cc2cnc(Nc3ccc(N4CC5(CC6CCC(C5)N6)OC4=O)cn3)nc2n1C1CCCC1.CN(C)C(=O)c1cc2cnc(Nc3ccc(N4CC5(CC6CCC(C5)N6C(=O)OC(C)(C)C)OC4=O)cn3)nc2n1C1CCCC1. The molecular weight excluding hydrogens is 1080 g/mol. The van der Waals surface area contributed by atoms with Crippen LogP contribution in [0, 0.1) is 0 Å². The van der Waals surface area contributed by atoms with E-state index in [1.165, 1.54) is 0 Å². The van der Waals surface area contributed by atoms with Crippen LogP contribution in [0.25, 0.3) is 22.1 Å². The Morgan fingerprint density at radius 2 is 1.02 bits per heavy atom. The fourth-order valence-electron chi connectivity index (χ4n) is 14.6. The van der Waals surface area contributed by atoms with Gasteiger partial charge < -0.3 is 54.0 Å². The standard InChI is InChI=1S/C33H42N8O5.C28H34N8O3/c1-32(2,3)45-31(44)40-22-10-11-23(40)16-33(15-22)19-39(30(43)46-33)24-12-13-26(34-18-24)36-29-35-17-20-14-25(28(42)38(4)5)41(27(20)37-29)21-8-6-7-9-21;1-34(2)25(37)22-11-17-14-30-26(33-24(17)36(22)20-5-3-4-6-20)32-23-10-9-21(15-29-23)35-16-28(39-27(35)38)12-18-7-8-19(13-28)31-18/h12-14,17-18,21-23H,6-11,15-16,19H2,1-5H3,(H,34,35,36,37);9-11,14-15,18-20,31H,3-8,12-13,16H2,1-2H3,(H,29,30,32,33). The molecule has 14 rings (SSSR count). The van der Waals surface area contributed by atoms with E-state index in [0.29, 0.717) is 84.3 Å². The number of amides is 5. The molecule has 8 aliphatic rings. The van der Waals surface area contributed by atoms with Gasteiger partial charge in [0.15, 0.2) is 0 Å². The second kappa shape index (κ2) is 21.7. The Hall–Kier alpha value is -8.15. The van der Waals surface area contributed by atoms with Gasteiger partial charge in [-0.2, -0.15) is 9.97 Å². The van der Waals surface area contributed by atoms with Crippen LogP contribution in [-0.2, 0) is 14.2 Å². The molecule has 2 aliphatic carbocycles. The summed E-state index contributed by atoms with van der Waals surface area (Å²) in [7, 11) is 7.05. The highest BCUT2D eigenvalue weighted by Gasteiger charge is 2.57. The lowest BCUT2D eigenvalue weighted by molar-refractivity contribution is -0.0425. The van der Waals surface area contributed by atoms with Crippen molar-refractivity contribution < 1.29 is 38.2 Å². The molecule has 24 heteroatoms. The number of ether oxygens (including phenoxy) is 3. The molecule has 24 nitrogen and oxygen atoms in total. The van der Waals surface area contributed by atoms with E-state index in [-0.39, 0.29) is 48.2 Å². The van der Waals surface area contributed by atoms with Crippen molar-refractivity contribution in [3.05, 3.63) is 72.6 Å². The minimum absolute atomic E-state index is 0.0183. The van der Waals surface area contributed by atoms with Crippen LogP contribution in [-0.4, -0.2) is 166 Å². The number of fused-ring (bicyclic) bond motifs is 6. The third-order valence-electron chi connectivity index (χ3n) is 18.3. The van der Waals surface area contributed by atoms with Crippen LogP contribution in [0.4, 0.5) is 49.3 Å². The van der Waals surface area contributed by atoms with Gasteiger partial charge in [0.05, 0.1) is 36.9 Å². The van der Waals surface area contributed by atoms with Gasteiger partial charge in [0.25, 0.3) is 11.8 Å². The predicted molar refractivity (Wildman–Crippen MR) is 318 cm³/mol. The Kier molecular flexibility index (Phi) is 14.3. The van der Waals surface area contributed by atoms with Gasteiger partial charge in [-0.15, -0.1) is 0 Å². The van der Waals surface area contributed by atoms with E-state index in [0.717, 1.165) is 112 Å². The van der Waals surface area contributed by atoms with Gasteiger partial charge in [-0.1, -0.05) is 25.7 Å². The molecule has 85 heavy (non-hydrogen) atoms. The van der Waals surface area contributed by atoms with Crippen molar-refractivity contribution in [2.45, 2.75) is 177 Å². The van der Waals surface area contributed by atoms with Crippen molar-refractivity contribution in [2.75, 3.05) is 61.7 Å². The number of piperidine rings is 2. The average molecular weight is 1160 g/mol. The normalized spacial score (nSPS) is 25.5. The van der Waals surface area contributed by atoms with Crippen LogP contribution in [0.2, 0.25) is 0 Å². The van der Waals surface area contributed by atoms with E-state index in [1.807, 2.05) is 56.0 Å².